The van der Waals surface area contributed by atoms with Crippen molar-refractivity contribution in [3.05, 3.63) is 29.8 Å². The molecule has 1 rings (SSSR count). The van der Waals surface area contributed by atoms with Gasteiger partial charge < -0.3 is 18.2 Å². The third kappa shape index (κ3) is 5.78. The Hall–Kier alpha value is -0.883. The van der Waals surface area contributed by atoms with Gasteiger partial charge in [-0.05, 0) is 52.3 Å². The highest BCUT2D eigenvalue weighted by atomic mass is 28.3. The molecule has 1 aromatic rings. The van der Waals surface area contributed by atoms with Crippen LogP contribution in [0.1, 0.15) is 46.3 Å². The van der Waals surface area contributed by atoms with Crippen LogP contribution < -0.4 is 4.90 Å². The standard InChI is InChI=1S/C16H28NO3Si/c1-6-17(7-2)16-12-10-15(11-13-16)14(5)20-21(18-8-3)19-9-4/h10-14H,6-9H2,1-5H3. The maximum absolute atomic E-state index is 5.91. The summed E-state index contributed by atoms with van der Waals surface area (Å²) in [7, 11) is -1.64. The highest BCUT2D eigenvalue weighted by Crippen LogP contribution is 2.22. The molecular weight excluding hydrogens is 282 g/mol. The smallest absolute Gasteiger partial charge is 0.372 e. The van der Waals surface area contributed by atoms with Crippen molar-refractivity contribution in [2.75, 3.05) is 31.2 Å². The highest BCUT2D eigenvalue weighted by molar-refractivity contribution is 6.36. The third-order valence-corrected chi connectivity index (χ3v) is 4.88. The number of benzene rings is 1. The molecule has 0 heterocycles. The zero-order valence-corrected chi connectivity index (χ0v) is 14.9. The summed E-state index contributed by atoms with van der Waals surface area (Å²) in [6.07, 6.45) is -0.0252. The van der Waals surface area contributed by atoms with Crippen molar-refractivity contribution in [3.8, 4) is 0 Å². The van der Waals surface area contributed by atoms with Crippen molar-refractivity contribution >= 4 is 15.2 Å². The highest BCUT2D eigenvalue weighted by Gasteiger charge is 2.22. The van der Waals surface area contributed by atoms with Gasteiger partial charge in [0.1, 0.15) is 0 Å². The molecule has 0 amide bonds. The molecule has 0 aromatic heterocycles. The quantitative estimate of drug-likeness (QED) is 0.617. The van der Waals surface area contributed by atoms with Crippen LogP contribution in [0.4, 0.5) is 5.69 Å². The molecule has 0 spiro atoms. The van der Waals surface area contributed by atoms with E-state index in [1.165, 1.54) is 5.69 Å². The van der Waals surface area contributed by atoms with E-state index in [9.17, 15) is 0 Å². The summed E-state index contributed by atoms with van der Waals surface area (Å²) in [5.41, 5.74) is 2.39. The Morgan fingerprint density at radius 2 is 1.48 bits per heavy atom. The maximum Gasteiger partial charge on any atom is 0.578 e. The van der Waals surface area contributed by atoms with Crippen molar-refractivity contribution in [3.63, 3.8) is 0 Å². The molecule has 0 bridgehead atoms. The van der Waals surface area contributed by atoms with Crippen LogP contribution in [-0.2, 0) is 13.3 Å². The Balaban J connectivity index is 2.67. The van der Waals surface area contributed by atoms with E-state index in [0.717, 1.165) is 18.7 Å². The van der Waals surface area contributed by atoms with Gasteiger partial charge in [0.05, 0.1) is 6.10 Å². The molecule has 0 N–H and O–H groups in total. The van der Waals surface area contributed by atoms with Crippen molar-refractivity contribution < 1.29 is 13.3 Å². The van der Waals surface area contributed by atoms with Crippen LogP contribution >= 0.6 is 0 Å². The van der Waals surface area contributed by atoms with Crippen molar-refractivity contribution in [2.45, 2.75) is 40.7 Å². The topological polar surface area (TPSA) is 30.9 Å². The SMILES string of the molecule is CCO[Si](OCC)OC(C)c1ccc(N(CC)CC)cc1. The van der Waals surface area contributed by atoms with E-state index >= 15 is 0 Å². The van der Waals surface area contributed by atoms with Gasteiger partial charge in [0.15, 0.2) is 0 Å². The largest absolute Gasteiger partial charge is 0.578 e. The first kappa shape index (κ1) is 18.2. The lowest BCUT2D eigenvalue weighted by Gasteiger charge is -2.22. The van der Waals surface area contributed by atoms with Crippen molar-refractivity contribution in [1.82, 2.24) is 0 Å². The first-order valence-electron chi connectivity index (χ1n) is 7.80. The normalized spacial score (nSPS) is 12.7. The molecule has 0 saturated carbocycles. The minimum Gasteiger partial charge on any atom is -0.372 e. The minimum absolute atomic E-state index is 0.0252. The average molecular weight is 310 g/mol. The fourth-order valence-electron chi connectivity index (χ4n) is 2.10. The van der Waals surface area contributed by atoms with Crippen molar-refractivity contribution in [2.24, 2.45) is 0 Å². The molecule has 0 aliphatic heterocycles. The number of nitrogens with zero attached hydrogens (tertiary/aromatic N) is 1. The lowest BCUT2D eigenvalue weighted by Crippen LogP contribution is -2.28. The van der Waals surface area contributed by atoms with Gasteiger partial charge in [0.25, 0.3) is 0 Å². The van der Waals surface area contributed by atoms with Crippen LogP contribution in [0, 0.1) is 0 Å². The molecule has 119 valence electrons. The fourth-order valence-corrected chi connectivity index (χ4v) is 3.22. The third-order valence-electron chi connectivity index (χ3n) is 3.29. The summed E-state index contributed by atoms with van der Waals surface area (Å²) in [4.78, 5) is 2.32. The molecule has 1 atom stereocenters. The maximum atomic E-state index is 5.91. The predicted molar refractivity (Wildman–Crippen MR) is 88.5 cm³/mol. The summed E-state index contributed by atoms with van der Waals surface area (Å²) in [5, 5.41) is 0. The van der Waals surface area contributed by atoms with E-state index in [0.29, 0.717) is 13.2 Å². The molecular formula is C16H28NO3Si. The minimum atomic E-state index is -1.64. The van der Waals surface area contributed by atoms with Crippen LogP contribution in [0.25, 0.3) is 0 Å². The molecule has 0 aliphatic rings. The van der Waals surface area contributed by atoms with Crippen LogP contribution in [0.3, 0.4) is 0 Å². The predicted octanol–water partition coefficient (Wildman–Crippen LogP) is 3.67. The average Bonchev–Trinajstić information content (AvgIpc) is 2.49. The molecule has 1 aromatic carbocycles. The zero-order chi connectivity index (χ0) is 15.7. The van der Waals surface area contributed by atoms with Gasteiger partial charge >= 0.3 is 9.53 Å². The molecule has 5 heteroatoms. The van der Waals surface area contributed by atoms with E-state index in [-0.39, 0.29) is 6.10 Å². The van der Waals surface area contributed by atoms with E-state index in [4.69, 9.17) is 13.3 Å². The Bertz CT molecular complexity index is 376. The van der Waals surface area contributed by atoms with Gasteiger partial charge in [0, 0.05) is 32.0 Å². The van der Waals surface area contributed by atoms with Gasteiger partial charge in [-0.3, -0.25) is 0 Å². The fraction of sp³-hybridized carbons (Fsp3) is 0.625. The lowest BCUT2D eigenvalue weighted by molar-refractivity contribution is 0.0700. The van der Waals surface area contributed by atoms with Gasteiger partial charge in [-0.2, -0.15) is 0 Å². The second-order valence-electron chi connectivity index (χ2n) is 4.64. The first-order valence-corrected chi connectivity index (χ1v) is 9.02. The van der Waals surface area contributed by atoms with E-state index < -0.39 is 9.53 Å². The molecule has 0 fully saturated rings. The Labute approximate surface area is 131 Å². The van der Waals surface area contributed by atoms with E-state index in [1.54, 1.807) is 0 Å². The van der Waals surface area contributed by atoms with Gasteiger partial charge in [-0.15, -0.1) is 0 Å². The van der Waals surface area contributed by atoms with Crippen molar-refractivity contribution in [1.29, 1.82) is 0 Å². The van der Waals surface area contributed by atoms with E-state index in [1.807, 2.05) is 20.8 Å². The zero-order valence-electron chi connectivity index (χ0n) is 13.9. The lowest BCUT2D eigenvalue weighted by atomic mass is 10.1. The van der Waals surface area contributed by atoms with Gasteiger partial charge in [-0.25, -0.2) is 0 Å². The molecule has 4 nitrogen and oxygen atoms in total. The number of anilines is 1. The number of rotatable bonds is 10. The van der Waals surface area contributed by atoms with Gasteiger partial charge in [0.2, 0.25) is 0 Å². The van der Waals surface area contributed by atoms with Crippen LogP contribution in [0.15, 0.2) is 24.3 Å². The Morgan fingerprint density at radius 1 is 0.952 bits per heavy atom. The summed E-state index contributed by atoms with van der Waals surface area (Å²) >= 11 is 0. The molecule has 1 unspecified atom stereocenters. The van der Waals surface area contributed by atoms with Crippen LogP contribution in [0.5, 0.6) is 0 Å². The Kier molecular flexibility index (Phi) is 8.60. The molecule has 0 aliphatic carbocycles. The monoisotopic (exact) mass is 310 g/mol. The first-order chi connectivity index (χ1) is 10.2. The van der Waals surface area contributed by atoms with Crippen LogP contribution in [-0.4, -0.2) is 35.8 Å². The second-order valence-corrected chi connectivity index (χ2v) is 5.95. The van der Waals surface area contributed by atoms with Gasteiger partial charge in [-0.1, -0.05) is 12.1 Å². The molecule has 0 saturated heterocycles. The second kappa shape index (κ2) is 9.95. The van der Waals surface area contributed by atoms with E-state index in [2.05, 4.69) is 43.0 Å². The number of hydrogen-bond donors (Lipinski definition) is 0. The Morgan fingerprint density at radius 3 is 1.90 bits per heavy atom. The molecule has 21 heavy (non-hydrogen) atoms. The summed E-state index contributed by atoms with van der Waals surface area (Å²) < 4.78 is 17.0. The summed E-state index contributed by atoms with van der Waals surface area (Å²) in [6, 6.07) is 8.54. The summed E-state index contributed by atoms with van der Waals surface area (Å²) in [5.74, 6) is 0. The number of hydrogen-bond acceptors (Lipinski definition) is 4. The summed E-state index contributed by atoms with van der Waals surface area (Å²) in [6.45, 7) is 13.5. The van der Waals surface area contributed by atoms with Crippen LogP contribution in [0.2, 0.25) is 0 Å². The molecule has 1 radical (unpaired) electrons.